The van der Waals surface area contributed by atoms with Crippen LogP contribution < -0.4 is 11.2 Å². The molecule has 0 aromatic carbocycles. The highest BCUT2D eigenvalue weighted by molar-refractivity contribution is 7.26. The molecule has 2 aliphatic rings. The molecular weight excluding hydrogens is 323 g/mol. The Hall–Kier alpha value is -1.05. The number of nitrogens with zero attached hydrogens (tertiary/aromatic N) is 1. The minimum absolute atomic E-state index is 0.0306. The second kappa shape index (κ2) is 7.68. The maximum atomic E-state index is 11.9. The molecule has 0 bridgehead atoms. The van der Waals surface area contributed by atoms with Crippen molar-refractivity contribution in [1.29, 1.82) is 0 Å². The van der Waals surface area contributed by atoms with Gasteiger partial charge < -0.3 is 18.5 Å². The van der Waals surface area contributed by atoms with Gasteiger partial charge in [0.1, 0.15) is 6.23 Å². The summed E-state index contributed by atoms with van der Waals surface area (Å²) in [5.74, 6) is 0. The molecule has 3 heterocycles. The van der Waals surface area contributed by atoms with Crippen molar-refractivity contribution in [1.82, 2.24) is 9.55 Å². The number of aryl methyl sites for hydroxylation is 1. The molecule has 0 spiro atoms. The summed E-state index contributed by atoms with van der Waals surface area (Å²) in [7, 11) is -0.0306. The van der Waals surface area contributed by atoms with Crippen molar-refractivity contribution in [2.24, 2.45) is 0 Å². The number of rotatable bonds is 6. The highest BCUT2D eigenvalue weighted by Crippen LogP contribution is 2.29. The Bertz CT molecular complexity index is 639. The molecule has 4 atom stereocenters. The molecule has 8 nitrogen and oxygen atoms in total. The van der Waals surface area contributed by atoms with Gasteiger partial charge in [-0.05, 0) is 26.2 Å². The van der Waals surface area contributed by atoms with Crippen LogP contribution in [0.4, 0.5) is 0 Å². The summed E-state index contributed by atoms with van der Waals surface area (Å²) in [6.45, 7) is 3.47. The molecule has 0 aliphatic carbocycles. The first kappa shape index (κ1) is 16.8. The highest BCUT2D eigenvalue weighted by Gasteiger charge is 2.28. The molecule has 0 saturated carbocycles. The number of H-pyrrole nitrogens is 1. The Morgan fingerprint density at radius 1 is 1.39 bits per heavy atom. The van der Waals surface area contributed by atoms with Crippen molar-refractivity contribution in [2.75, 3.05) is 19.8 Å². The van der Waals surface area contributed by atoms with Crippen LogP contribution in [0.5, 0.6) is 0 Å². The minimum Gasteiger partial charge on any atom is -0.379 e. The summed E-state index contributed by atoms with van der Waals surface area (Å²) in [6.07, 6.45) is 3.65. The van der Waals surface area contributed by atoms with E-state index in [4.69, 9.17) is 18.5 Å². The summed E-state index contributed by atoms with van der Waals surface area (Å²) >= 11 is 0. The maximum Gasteiger partial charge on any atom is 0.330 e. The third-order valence-electron chi connectivity index (χ3n) is 3.97. The lowest BCUT2D eigenvalue weighted by Crippen LogP contribution is -2.33. The highest BCUT2D eigenvalue weighted by atomic mass is 31.1. The summed E-state index contributed by atoms with van der Waals surface area (Å²) in [5.41, 5.74) is -0.321. The lowest BCUT2D eigenvalue weighted by Gasteiger charge is -2.16. The normalized spacial score (nSPS) is 28.1. The van der Waals surface area contributed by atoms with Crippen LogP contribution in [0.2, 0.25) is 0 Å². The zero-order chi connectivity index (χ0) is 16.2. The Labute approximate surface area is 135 Å². The van der Waals surface area contributed by atoms with Crippen LogP contribution in [0.1, 0.15) is 31.1 Å². The summed E-state index contributed by atoms with van der Waals surface area (Å²) in [5, 5.41) is 0. The van der Waals surface area contributed by atoms with E-state index in [1.165, 1.54) is 4.57 Å². The van der Waals surface area contributed by atoms with Crippen LogP contribution in [-0.4, -0.2) is 41.6 Å². The second-order valence-corrected chi connectivity index (χ2v) is 6.46. The summed E-state index contributed by atoms with van der Waals surface area (Å²) < 4.78 is 23.6. The third kappa shape index (κ3) is 4.28. The fourth-order valence-corrected chi connectivity index (χ4v) is 3.29. The van der Waals surface area contributed by atoms with Gasteiger partial charge in [-0.25, -0.2) is 4.79 Å². The molecule has 128 valence electrons. The molecule has 4 unspecified atom stereocenters. The molecule has 0 radical (unpaired) electrons. The molecule has 9 heteroatoms. The number of hydrogen-bond acceptors (Lipinski definition) is 6. The number of aromatic nitrogens is 2. The summed E-state index contributed by atoms with van der Waals surface area (Å²) in [4.78, 5) is 25.6. The predicted octanol–water partition coefficient (Wildman–Crippen LogP) is 0.853. The van der Waals surface area contributed by atoms with Crippen LogP contribution in [0.25, 0.3) is 0 Å². The van der Waals surface area contributed by atoms with Crippen LogP contribution in [-0.2, 0) is 18.5 Å². The Morgan fingerprint density at radius 2 is 2.26 bits per heavy atom. The van der Waals surface area contributed by atoms with E-state index in [0.29, 0.717) is 25.2 Å². The van der Waals surface area contributed by atoms with Gasteiger partial charge in [-0.3, -0.25) is 14.3 Å². The third-order valence-corrected chi connectivity index (χ3v) is 4.69. The molecule has 1 aromatic rings. The quantitative estimate of drug-likeness (QED) is 0.608. The van der Waals surface area contributed by atoms with Crippen molar-refractivity contribution in [3.63, 3.8) is 0 Å². The average molecular weight is 344 g/mol. The molecular formula is C14H21N2O6P. The lowest BCUT2D eigenvalue weighted by atomic mass is 10.2. The monoisotopic (exact) mass is 344 g/mol. The first-order valence-corrected chi connectivity index (χ1v) is 8.53. The van der Waals surface area contributed by atoms with E-state index in [2.05, 4.69) is 4.98 Å². The molecule has 1 N–H and O–H groups in total. The van der Waals surface area contributed by atoms with E-state index in [1.807, 2.05) is 0 Å². The molecule has 2 saturated heterocycles. The van der Waals surface area contributed by atoms with Gasteiger partial charge >= 0.3 is 5.69 Å². The van der Waals surface area contributed by atoms with E-state index in [1.54, 1.807) is 13.1 Å². The van der Waals surface area contributed by atoms with Crippen LogP contribution in [0.3, 0.4) is 0 Å². The first-order chi connectivity index (χ1) is 11.1. The van der Waals surface area contributed by atoms with Crippen molar-refractivity contribution in [2.45, 2.75) is 44.6 Å². The summed E-state index contributed by atoms with van der Waals surface area (Å²) in [6, 6.07) is 0. The zero-order valence-corrected chi connectivity index (χ0v) is 13.9. The van der Waals surface area contributed by atoms with E-state index < -0.39 is 5.69 Å². The lowest BCUT2D eigenvalue weighted by molar-refractivity contribution is -0.0202. The van der Waals surface area contributed by atoms with Gasteiger partial charge in [0.2, 0.25) is 0 Å². The van der Waals surface area contributed by atoms with E-state index in [-0.39, 0.29) is 33.0 Å². The maximum absolute atomic E-state index is 11.9. The number of ether oxygens (including phenoxy) is 2. The smallest absolute Gasteiger partial charge is 0.330 e. The van der Waals surface area contributed by atoms with E-state index in [0.717, 1.165) is 19.4 Å². The molecule has 23 heavy (non-hydrogen) atoms. The van der Waals surface area contributed by atoms with Crippen molar-refractivity contribution in [3.8, 4) is 0 Å². The second-order valence-electron chi connectivity index (χ2n) is 5.77. The molecule has 1 aromatic heterocycles. The first-order valence-electron chi connectivity index (χ1n) is 7.71. The number of hydrogen-bond donors (Lipinski definition) is 1. The largest absolute Gasteiger partial charge is 0.379 e. The minimum atomic E-state index is -0.446. The standard InChI is InChI=1S/C14H21N2O6P/c1-9-6-16(14(18)15-13(9)17)12-3-2-10(21-12)8-20-23-22-11-4-5-19-7-11/h6,10-12,23H,2-5,7-8H2,1H3,(H,15,17,18). The van der Waals surface area contributed by atoms with Crippen LogP contribution >= 0.6 is 9.03 Å². The fraction of sp³-hybridized carbons (Fsp3) is 0.714. The molecule has 2 aliphatic heterocycles. The van der Waals surface area contributed by atoms with Gasteiger partial charge in [0.05, 0.1) is 25.4 Å². The van der Waals surface area contributed by atoms with Gasteiger partial charge in [0.15, 0.2) is 9.03 Å². The van der Waals surface area contributed by atoms with E-state index >= 15 is 0 Å². The number of aromatic amines is 1. The van der Waals surface area contributed by atoms with Gasteiger partial charge in [0, 0.05) is 18.4 Å². The van der Waals surface area contributed by atoms with Crippen molar-refractivity contribution in [3.05, 3.63) is 32.6 Å². The number of nitrogens with one attached hydrogen (secondary N) is 1. The average Bonchev–Trinajstić information content (AvgIpc) is 3.19. The van der Waals surface area contributed by atoms with Crippen LogP contribution in [0.15, 0.2) is 15.8 Å². The van der Waals surface area contributed by atoms with Gasteiger partial charge in [-0.1, -0.05) is 0 Å². The van der Waals surface area contributed by atoms with Crippen LogP contribution in [0, 0.1) is 6.92 Å². The molecule has 0 amide bonds. The van der Waals surface area contributed by atoms with Gasteiger partial charge in [-0.15, -0.1) is 0 Å². The van der Waals surface area contributed by atoms with Gasteiger partial charge in [-0.2, -0.15) is 0 Å². The molecule has 3 rings (SSSR count). The van der Waals surface area contributed by atoms with E-state index in [9.17, 15) is 9.59 Å². The zero-order valence-electron chi connectivity index (χ0n) is 12.9. The SMILES string of the molecule is Cc1cn(C2CCC(COPOC3CCOC3)O2)c(=O)[nH]c1=O. The molecule has 2 fully saturated rings. The van der Waals surface area contributed by atoms with Crippen molar-refractivity contribution < 1.29 is 18.5 Å². The van der Waals surface area contributed by atoms with Crippen molar-refractivity contribution >= 4 is 9.03 Å². The predicted molar refractivity (Wildman–Crippen MR) is 83.8 cm³/mol. The van der Waals surface area contributed by atoms with Gasteiger partial charge in [0.25, 0.3) is 5.56 Å². The Morgan fingerprint density at radius 3 is 3.04 bits per heavy atom. The topological polar surface area (TPSA) is 91.8 Å². The Balaban J connectivity index is 1.46. The Kier molecular flexibility index (Phi) is 5.61. The fourth-order valence-electron chi connectivity index (χ4n) is 2.65.